The molecule has 2 aliphatic carbocycles. The molecule has 3 heterocycles. The molecule has 7 unspecified atom stereocenters. The number of anilines is 1. The monoisotopic (exact) mass is 613 g/mol. The third-order valence-corrected chi connectivity index (χ3v) is 7.55. The molecular formula is C23H28IN5O7. The highest BCUT2D eigenvalue weighted by molar-refractivity contribution is 14.1. The maximum Gasteiger partial charge on any atom is 0.303 e. The molecule has 1 saturated heterocycles. The molecule has 36 heavy (non-hydrogen) atoms. The zero-order valence-corrected chi connectivity index (χ0v) is 22.3. The number of imidazole rings is 1. The van der Waals surface area contributed by atoms with Gasteiger partial charge in [0.05, 0.1) is 6.33 Å². The zero-order chi connectivity index (χ0) is 25.6. The summed E-state index contributed by atoms with van der Waals surface area (Å²) < 4.78 is 24.5. The number of carbonyl (C=O) groups is 3. The van der Waals surface area contributed by atoms with Gasteiger partial charge in [0.15, 0.2) is 39.2 Å². The molecule has 2 aromatic rings. The topological polar surface area (TPSA) is 144 Å². The Morgan fingerprint density at radius 3 is 2.47 bits per heavy atom. The quantitative estimate of drug-likeness (QED) is 0.213. The summed E-state index contributed by atoms with van der Waals surface area (Å²) in [5, 5.41) is 3.60. The number of nitrogens with one attached hydrogen (secondary N) is 1. The van der Waals surface area contributed by atoms with E-state index in [-0.39, 0.29) is 6.61 Å². The Morgan fingerprint density at radius 1 is 1.08 bits per heavy atom. The predicted octanol–water partition coefficient (Wildman–Crippen LogP) is 2.36. The van der Waals surface area contributed by atoms with Crippen molar-refractivity contribution in [3.63, 3.8) is 0 Å². The highest BCUT2D eigenvalue weighted by atomic mass is 127. The molecule has 12 nitrogen and oxygen atoms in total. The second kappa shape index (κ2) is 10.1. The van der Waals surface area contributed by atoms with Gasteiger partial charge in [0.2, 0.25) is 0 Å². The van der Waals surface area contributed by atoms with Crippen LogP contribution >= 0.6 is 22.6 Å². The molecule has 0 spiro atoms. The Balaban J connectivity index is 1.49. The van der Waals surface area contributed by atoms with Crippen LogP contribution in [0.5, 0.6) is 0 Å². The molecule has 0 amide bonds. The van der Waals surface area contributed by atoms with Crippen molar-refractivity contribution in [1.82, 2.24) is 19.5 Å². The van der Waals surface area contributed by atoms with Gasteiger partial charge >= 0.3 is 17.9 Å². The number of nitrogens with zero attached hydrogens (tertiary/aromatic N) is 4. The van der Waals surface area contributed by atoms with E-state index in [9.17, 15) is 14.4 Å². The van der Waals surface area contributed by atoms with Crippen LogP contribution < -0.4 is 5.32 Å². The summed E-state index contributed by atoms with van der Waals surface area (Å²) in [4.78, 5) is 49.0. The summed E-state index contributed by atoms with van der Waals surface area (Å²) >= 11 is 2.05. The third kappa shape index (κ3) is 4.99. The van der Waals surface area contributed by atoms with Crippen LogP contribution in [0.2, 0.25) is 0 Å². The first kappa shape index (κ1) is 25.1. The SMILES string of the molecule is CC(=O)OCC1OC(n2cnc3c(NC4CC5CCC4C5)nc(I)nc32)C(OC(C)=O)C1OC(C)=O. The molecule has 3 fully saturated rings. The Bertz CT molecular complexity index is 1190. The van der Waals surface area contributed by atoms with Crippen molar-refractivity contribution in [3.05, 3.63) is 10.2 Å². The Morgan fingerprint density at radius 2 is 1.83 bits per heavy atom. The largest absolute Gasteiger partial charge is 0.463 e. The van der Waals surface area contributed by atoms with Gasteiger partial charge in [-0.3, -0.25) is 19.0 Å². The van der Waals surface area contributed by atoms with E-state index in [4.69, 9.17) is 18.9 Å². The van der Waals surface area contributed by atoms with E-state index < -0.39 is 42.4 Å². The van der Waals surface area contributed by atoms with Crippen LogP contribution in [0.15, 0.2) is 6.33 Å². The van der Waals surface area contributed by atoms with Gasteiger partial charge in [-0.15, -0.1) is 0 Å². The second-order valence-corrected chi connectivity index (χ2v) is 10.6. The first-order chi connectivity index (χ1) is 17.2. The van der Waals surface area contributed by atoms with Crippen molar-refractivity contribution in [2.24, 2.45) is 11.8 Å². The summed E-state index contributed by atoms with van der Waals surface area (Å²) in [6.45, 7) is 3.59. The van der Waals surface area contributed by atoms with Gasteiger partial charge in [0, 0.05) is 49.4 Å². The number of esters is 3. The maximum atomic E-state index is 12.0. The minimum atomic E-state index is -1.01. The molecule has 2 aromatic heterocycles. The molecule has 13 heteroatoms. The lowest BCUT2D eigenvalue weighted by Crippen LogP contribution is -2.40. The first-order valence-electron chi connectivity index (χ1n) is 12.0. The van der Waals surface area contributed by atoms with E-state index >= 15 is 0 Å². The fraction of sp³-hybridized carbons (Fsp3) is 0.652. The van der Waals surface area contributed by atoms with E-state index in [0.717, 1.165) is 12.3 Å². The van der Waals surface area contributed by atoms with Crippen molar-refractivity contribution in [1.29, 1.82) is 0 Å². The molecular weight excluding hydrogens is 585 g/mol. The molecule has 5 rings (SSSR count). The molecule has 1 aliphatic heterocycles. The van der Waals surface area contributed by atoms with E-state index in [0.29, 0.717) is 32.8 Å². The molecule has 0 radical (unpaired) electrons. The molecule has 0 aromatic carbocycles. The van der Waals surface area contributed by atoms with Crippen LogP contribution in [-0.4, -0.2) is 68.4 Å². The fourth-order valence-electron chi connectivity index (χ4n) is 5.69. The predicted molar refractivity (Wildman–Crippen MR) is 133 cm³/mol. The number of rotatable bonds is 7. The number of ether oxygens (including phenoxy) is 4. The fourth-order valence-corrected chi connectivity index (χ4v) is 6.16. The van der Waals surface area contributed by atoms with Gasteiger partial charge in [-0.1, -0.05) is 6.42 Å². The minimum absolute atomic E-state index is 0.183. The summed E-state index contributed by atoms with van der Waals surface area (Å²) in [6, 6.07) is 0.348. The lowest BCUT2D eigenvalue weighted by Gasteiger charge is -2.24. The Labute approximate surface area is 220 Å². The zero-order valence-electron chi connectivity index (χ0n) is 20.2. The highest BCUT2D eigenvalue weighted by Crippen LogP contribution is 2.46. The van der Waals surface area contributed by atoms with E-state index in [1.165, 1.54) is 40.0 Å². The van der Waals surface area contributed by atoms with Crippen LogP contribution in [0.4, 0.5) is 5.82 Å². The van der Waals surface area contributed by atoms with Gasteiger partial charge in [-0.25, -0.2) is 15.0 Å². The van der Waals surface area contributed by atoms with Crippen molar-refractivity contribution >= 4 is 57.5 Å². The van der Waals surface area contributed by atoms with Crippen LogP contribution in [-0.2, 0) is 33.3 Å². The van der Waals surface area contributed by atoms with Crippen molar-refractivity contribution in [2.45, 2.75) is 77.0 Å². The van der Waals surface area contributed by atoms with E-state index in [2.05, 4.69) is 42.9 Å². The van der Waals surface area contributed by atoms with Crippen LogP contribution in [0.25, 0.3) is 11.2 Å². The molecule has 194 valence electrons. The average molecular weight is 613 g/mol. The van der Waals surface area contributed by atoms with Crippen molar-refractivity contribution < 1.29 is 33.3 Å². The first-order valence-corrected chi connectivity index (χ1v) is 13.1. The number of fused-ring (bicyclic) bond motifs is 3. The van der Waals surface area contributed by atoms with Crippen molar-refractivity contribution in [3.8, 4) is 0 Å². The molecule has 7 atom stereocenters. The lowest BCUT2D eigenvalue weighted by molar-refractivity contribution is -0.166. The van der Waals surface area contributed by atoms with Crippen molar-refractivity contribution in [2.75, 3.05) is 11.9 Å². The molecule has 3 aliphatic rings. The third-order valence-electron chi connectivity index (χ3n) is 7.07. The van der Waals surface area contributed by atoms with Gasteiger partial charge in [0.25, 0.3) is 0 Å². The Hall–Kier alpha value is -2.55. The minimum Gasteiger partial charge on any atom is -0.463 e. The van der Waals surface area contributed by atoms with Crippen LogP contribution in [0.1, 0.15) is 52.7 Å². The Kier molecular flexibility index (Phi) is 7.03. The average Bonchev–Trinajstić information content (AvgIpc) is 3.56. The van der Waals surface area contributed by atoms with Crippen LogP contribution in [0.3, 0.4) is 0 Å². The number of hydrogen-bond acceptors (Lipinski definition) is 11. The van der Waals surface area contributed by atoms with Gasteiger partial charge in [-0.2, -0.15) is 0 Å². The molecule has 1 N–H and O–H groups in total. The van der Waals surface area contributed by atoms with E-state index in [1.54, 1.807) is 10.9 Å². The summed E-state index contributed by atoms with van der Waals surface area (Å²) in [6.07, 6.45) is 2.63. The number of aromatic nitrogens is 4. The number of hydrogen-bond donors (Lipinski definition) is 1. The smallest absolute Gasteiger partial charge is 0.303 e. The van der Waals surface area contributed by atoms with E-state index in [1.807, 2.05) is 0 Å². The lowest BCUT2D eigenvalue weighted by atomic mass is 9.95. The summed E-state index contributed by atoms with van der Waals surface area (Å²) in [7, 11) is 0. The van der Waals surface area contributed by atoms with Crippen LogP contribution in [0, 0.1) is 15.7 Å². The van der Waals surface area contributed by atoms with Gasteiger partial charge in [-0.05, 0) is 31.1 Å². The highest BCUT2D eigenvalue weighted by Gasteiger charge is 2.51. The summed E-state index contributed by atoms with van der Waals surface area (Å²) in [5.41, 5.74) is 1.05. The maximum absolute atomic E-state index is 12.0. The number of carbonyl (C=O) groups excluding carboxylic acids is 3. The normalized spacial score (nSPS) is 30.9. The second-order valence-electron chi connectivity index (χ2n) is 9.61. The molecule has 2 saturated carbocycles. The standard InChI is InChI=1S/C23H28IN5O7/c1-10(30)33-8-16-18(34-11(2)31)19(35-12(3)32)22(36-16)29-9-25-17-20(27-23(24)28-21(17)29)26-15-7-13-4-5-14(15)6-13/h9,13-16,18-19,22H,4-8H2,1-3H3,(H,26,27,28). The van der Waals surface area contributed by atoms with Gasteiger partial charge in [0.1, 0.15) is 12.7 Å². The number of halogens is 1. The summed E-state index contributed by atoms with van der Waals surface area (Å²) in [5.74, 6) is 0.378. The molecule has 2 bridgehead atoms. The van der Waals surface area contributed by atoms with Gasteiger partial charge < -0.3 is 24.3 Å².